The third-order valence-corrected chi connectivity index (χ3v) is 3.05. The average Bonchev–Trinajstić information content (AvgIpc) is 2.23. The number of thioether (sulfide) groups is 1. The van der Waals surface area contributed by atoms with Crippen LogP contribution in [0.15, 0.2) is 35.4 Å². The van der Waals surface area contributed by atoms with Crippen molar-refractivity contribution in [2.75, 3.05) is 11.5 Å². The number of benzene rings is 1. The summed E-state index contributed by atoms with van der Waals surface area (Å²) in [6.45, 7) is 2.12. The molecule has 0 amide bonds. The Labute approximate surface area is 87.5 Å². The summed E-state index contributed by atoms with van der Waals surface area (Å²) in [5, 5.41) is 1.15. The van der Waals surface area contributed by atoms with Crippen LogP contribution >= 0.6 is 11.8 Å². The Balaban J connectivity index is 2.69. The fourth-order valence-electron chi connectivity index (χ4n) is 1.43. The maximum absolute atomic E-state index is 5.91. The van der Waals surface area contributed by atoms with E-state index in [4.69, 9.17) is 5.73 Å². The molecule has 1 aromatic heterocycles. The zero-order valence-corrected chi connectivity index (χ0v) is 8.84. The molecule has 0 fully saturated rings. The van der Waals surface area contributed by atoms with Crippen LogP contribution in [-0.4, -0.2) is 10.7 Å². The molecular weight excluding hydrogens is 192 g/mol. The van der Waals surface area contributed by atoms with Gasteiger partial charge in [0.15, 0.2) is 0 Å². The molecule has 3 heteroatoms. The second-order valence-electron chi connectivity index (χ2n) is 2.99. The van der Waals surface area contributed by atoms with Gasteiger partial charge in [-0.25, -0.2) is 0 Å². The number of anilines is 1. The highest BCUT2D eigenvalue weighted by Gasteiger charge is 2.05. The van der Waals surface area contributed by atoms with Gasteiger partial charge in [0.1, 0.15) is 0 Å². The molecule has 2 nitrogen and oxygen atoms in total. The Morgan fingerprint density at radius 1 is 1.36 bits per heavy atom. The maximum Gasteiger partial charge on any atom is 0.0858 e. The molecule has 0 saturated heterocycles. The van der Waals surface area contributed by atoms with Crippen molar-refractivity contribution in [1.29, 1.82) is 0 Å². The Bertz CT molecular complexity index is 454. The lowest BCUT2D eigenvalue weighted by atomic mass is 10.2. The van der Waals surface area contributed by atoms with E-state index in [9.17, 15) is 0 Å². The maximum atomic E-state index is 5.91. The number of hydrogen-bond donors (Lipinski definition) is 1. The van der Waals surface area contributed by atoms with Crippen molar-refractivity contribution in [1.82, 2.24) is 4.98 Å². The molecule has 0 saturated carbocycles. The monoisotopic (exact) mass is 204 g/mol. The molecule has 1 aromatic carbocycles. The number of rotatable bonds is 2. The van der Waals surface area contributed by atoms with E-state index in [0.29, 0.717) is 0 Å². The van der Waals surface area contributed by atoms with Crippen LogP contribution in [0.3, 0.4) is 0 Å². The molecule has 14 heavy (non-hydrogen) atoms. The van der Waals surface area contributed by atoms with Gasteiger partial charge in [-0.3, -0.25) is 4.98 Å². The zero-order chi connectivity index (χ0) is 9.97. The fourth-order valence-corrected chi connectivity index (χ4v) is 2.26. The summed E-state index contributed by atoms with van der Waals surface area (Å²) < 4.78 is 0. The van der Waals surface area contributed by atoms with Gasteiger partial charge in [0.2, 0.25) is 0 Å². The van der Waals surface area contributed by atoms with Crippen molar-refractivity contribution in [2.24, 2.45) is 0 Å². The summed E-state index contributed by atoms with van der Waals surface area (Å²) in [5.41, 5.74) is 7.75. The summed E-state index contributed by atoms with van der Waals surface area (Å²) in [6, 6.07) is 7.96. The van der Waals surface area contributed by atoms with E-state index in [1.54, 1.807) is 11.8 Å². The highest BCUT2D eigenvalue weighted by molar-refractivity contribution is 7.99. The molecule has 0 bridgehead atoms. The standard InChI is InChI=1S/C11H12N2S/c1-2-14-11-9(12)6-5-8-4-3-7-13-10(8)11/h3-7H,2,12H2,1H3. The topological polar surface area (TPSA) is 38.9 Å². The van der Waals surface area contributed by atoms with Crippen LogP contribution in [-0.2, 0) is 0 Å². The molecule has 0 atom stereocenters. The van der Waals surface area contributed by atoms with Crippen molar-refractivity contribution in [3.63, 3.8) is 0 Å². The Morgan fingerprint density at radius 3 is 3.00 bits per heavy atom. The van der Waals surface area contributed by atoms with Gasteiger partial charge in [0.05, 0.1) is 10.4 Å². The van der Waals surface area contributed by atoms with Gasteiger partial charge in [-0.1, -0.05) is 19.1 Å². The predicted molar refractivity (Wildman–Crippen MR) is 62.6 cm³/mol. The number of nitrogens with zero attached hydrogens (tertiary/aromatic N) is 1. The number of fused-ring (bicyclic) bond motifs is 1. The average molecular weight is 204 g/mol. The number of pyridine rings is 1. The van der Waals surface area contributed by atoms with Gasteiger partial charge < -0.3 is 5.73 Å². The lowest BCUT2D eigenvalue weighted by Gasteiger charge is -2.06. The molecule has 2 N–H and O–H groups in total. The summed E-state index contributed by atoms with van der Waals surface area (Å²) >= 11 is 1.74. The molecule has 2 aromatic rings. The first kappa shape index (κ1) is 9.34. The fraction of sp³-hybridized carbons (Fsp3) is 0.182. The first-order chi connectivity index (χ1) is 6.83. The van der Waals surface area contributed by atoms with Crippen LogP contribution in [0.4, 0.5) is 5.69 Å². The highest BCUT2D eigenvalue weighted by atomic mass is 32.2. The molecule has 0 radical (unpaired) electrons. The molecule has 72 valence electrons. The minimum Gasteiger partial charge on any atom is -0.398 e. The van der Waals surface area contributed by atoms with Gasteiger partial charge in [-0.15, -0.1) is 11.8 Å². The van der Waals surface area contributed by atoms with Crippen molar-refractivity contribution in [2.45, 2.75) is 11.8 Å². The lowest BCUT2D eigenvalue weighted by molar-refractivity contribution is 1.35. The molecule has 0 aliphatic heterocycles. The predicted octanol–water partition coefficient (Wildman–Crippen LogP) is 2.93. The van der Waals surface area contributed by atoms with Crippen LogP contribution in [0.1, 0.15) is 6.92 Å². The highest BCUT2D eigenvalue weighted by Crippen LogP contribution is 2.31. The molecule has 0 aliphatic carbocycles. The summed E-state index contributed by atoms with van der Waals surface area (Å²) in [5.74, 6) is 1.01. The number of nitrogen functional groups attached to an aromatic ring is 1. The van der Waals surface area contributed by atoms with E-state index in [1.807, 2.05) is 24.4 Å². The van der Waals surface area contributed by atoms with Crippen LogP contribution in [0, 0.1) is 0 Å². The molecule has 0 aliphatic rings. The van der Waals surface area contributed by atoms with Crippen LogP contribution in [0.2, 0.25) is 0 Å². The van der Waals surface area contributed by atoms with Gasteiger partial charge >= 0.3 is 0 Å². The van der Waals surface area contributed by atoms with Gasteiger partial charge in [-0.05, 0) is 17.9 Å². The Hall–Kier alpha value is -1.22. The first-order valence-corrected chi connectivity index (χ1v) is 5.57. The van der Waals surface area contributed by atoms with Crippen LogP contribution < -0.4 is 5.73 Å². The molecule has 1 heterocycles. The van der Waals surface area contributed by atoms with Gasteiger partial charge in [0.25, 0.3) is 0 Å². The van der Waals surface area contributed by atoms with Gasteiger partial charge in [-0.2, -0.15) is 0 Å². The number of hydrogen-bond acceptors (Lipinski definition) is 3. The second kappa shape index (κ2) is 3.88. The summed E-state index contributed by atoms with van der Waals surface area (Å²) in [7, 11) is 0. The lowest BCUT2D eigenvalue weighted by Crippen LogP contribution is -1.91. The zero-order valence-electron chi connectivity index (χ0n) is 8.03. The van der Waals surface area contributed by atoms with Crippen molar-refractivity contribution < 1.29 is 0 Å². The smallest absolute Gasteiger partial charge is 0.0858 e. The summed E-state index contributed by atoms with van der Waals surface area (Å²) in [4.78, 5) is 5.46. The number of nitrogens with two attached hydrogens (primary N) is 1. The van der Waals surface area contributed by atoms with Crippen molar-refractivity contribution in [3.8, 4) is 0 Å². The Kier molecular flexibility index (Phi) is 2.59. The van der Waals surface area contributed by atoms with Crippen molar-refractivity contribution >= 4 is 28.4 Å². The van der Waals surface area contributed by atoms with E-state index >= 15 is 0 Å². The number of aromatic nitrogens is 1. The van der Waals surface area contributed by atoms with E-state index in [0.717, 1.165) is 27.2 Å². The Morgan fingerprint density at radius 2 is 2.21 bits per heavy atom. The van der Waals surface area contributed by atoms with E-state index in [2.05, 4.69) is 18.0 Å². The molecule has 0 spiro atoms. The minimum absolute atomic E-state index is 0.822. The largest absolute Gasteiger partial charge is 0.398 e. The third kappa shape index (κ3) is 1.55. The normalized spacial score (nSPS) is 10.6. The van der Waals surface area contributed by atoms with E-state index < -0.39 is 0 Å². The molecule has 2 rings (SSSR count). The SMILES string of the molecule is CCSc1c(N)ccc2cccnc12. The van der Waals surface area contributed by atoms with Crippen LogP contribution in [0.25, 0.3) is 10.9 Å². The third-order valence-electron chi connectivity index (χ3n) is 2.05. The minimum atomic E-state index is 0.822. The van der Waals surface area contributed by atoms with E-state index in [-0.39, 0.29) is 0 Å². The van der Waals surface area contributed by atoms with Crippen LogP contribution in [0.5, 0.6) is 0 Å². The quantitative estimate of drug-likeness (QED) is 0.604. The van der Waals surface area contributed by atoms with Gasteiger partial charge in [0, 0.05) is 17.3 Å². The second-order valence-corrected chi connectivity index (χ2v) is 4.27. The molecular formula is C11H12N2S. The van der Waals surface area contributed by atoms with Crippen molar-refractivity contribution in [3.05, 3.63) is 30.5 Å². The first-order valence-electron chi connectivity index (χ1n) is 4.59. The summed E-state index contributed by atoms with van der Waals surface area (Å²) in [6.07, 6.45) is 1.81. The van der Waals surface area contributed by atoms with E-state index in [1.165, 1.54) is 0 Å². The molecule has 0 unspecified atom stereocenters.